The molecule has 0 aliphatic carbocycles. The molecule has 0 heterocycles. The molecule has 0 saturated carbocycles. The predicted octanol–water partition coefficient (Wildman–Crippen LogP) is 2.93. The molecule has 0 spiro atoms. The Labute approximate surface area is 106 Å². The van der Waals surface area contributed by atoms with Crippen molar-refractivity contribution in [3.8, 4) is 11.8 Å². The van der Waals surface area contributed by atoms with Gasteiger partial charge in [-0.25, -0.2) is 0 Å². The summed E-state index contributed by atoms with van der Waals surface area (Å²) in [6, 6.07) is 17.2. The predicted molar refractivity (Wildman–Crippen MR) is 71.3 cm³/mol. The third-order valence-corrected chi connectivity index (χ3v) is 2.85. The number of hydrogen-bond acceptors (Lipinski definition) is 3. The lowest BCUT2D eigenvalue weighted by Gasteiger charge is -2.14. The van der Waals surface area contributed by atoms with Gasteiger partial charge in [0, 0.05) is 11.3 Å². The van der Waals surface area contributed by atoms with Crippen molar-refractivity contribution in [1.82, 2.24) is 0 Å². The molecular formula is C15H14N2O. The number of nitriles is 1. The Balaban J connectivity index is 2.46. The molecule has 0 fully saturated rings. The van der Waals surface area contributed by atoms with Gasteiger partial charge < -0.3 is 10.5 Å². The molecule has 0 bridgehead atoms. The Kier molecular flexibility index (Phi) is 3.49. The number of nitrogens with two attached hydrogens (primary N) is 1. The van der Waals surface area contributed by atoms with E-state index in [4.69, 9.17) is 10.5 Å². The first kappa shape index (κ1) is 12.0. The molecular weight excluding hydrogens is 224 g/mol. The monoisotopic (exact) mass is 238 g/mol. The van der Waals surface area contributed by atoms with E-state index >= 15 is 0 Å². The Morgan fingerprint density at radius 1 is 1.11 bits per heavy atom. The third kappa shape index (κ3) is 2.28. The van der Waals surface area contributed by atoms with Gasteiger partial charge in [0.2, 0.25) is 0 Å². The van der Waals surface area contributed by atoms with Crippen LogP contribution in [0.15, 0.2) is 48.5 Å². The second kappa shape index (κ2) is 5.24. The molecule has 2 aromatic carbocycles. The van der Waals surface area contributed by atoms with Gasteiger partial charge in [0.25, 0.3) is 0 Å². The quantitative estimate of drug-likeness (QED) is 0.836. The number of ether oxygens (including phenoxy) is 1. The first-order valence-electron chi connectivity index (χ1n) is 5.64. The molecule has 1 atom stereocenters. The minimum atomic E-state index is -0.346. The number of methoxy groups -OCH3 is 1. The summed E-state index contributed by atoms with van der Waals surface area (Å²) in [6.07, 6.45) is 0. The van der Waals surface area contributed by atoms with E-state index in [1.165, 1.54) is 0 Å². The first-order valence-corrected chi connectivity index (χ1v) is 5.64. The SMILES string of the molecule is COc1ccccc1C(C#N)c1ccc(N)cc1. The van der Waals surface area contributed by atoms with Crippen molar-refractivity contribution in [2.75, 3.05) is 12.8 Å². The molecule has 2 N–H and O–H groups in total. The number of hydrogen-bond donors (Lipinski definition) is 1. The fraction of sp³-hybridized carbons (Fsp3) is 0.133. The minimum absolute atomic E-state index is 0.346. The van der Waals surface area contributed by atoms with Crippen molar-refractivity contribution in [1.29, 1.82) is 5.26 Å². The number of benzene rings is 2. The highest BCUT2D eigenvalue weighted by molar-refractivity contribution is 5.48. The lowest BCUT2D eigenvalue weighted by molar-refractivity contribution is 0.409. The zero-order valence-electron chi connectivity index (χ0n) is 10.1. The molecule has 0 radical (unpaired) electrons. The maximum atomic E-state index is 9.39. The molecule has 18 heavy (non-hydrogen) atoms. The molecule has 0 saturated heterocycles. The molecule has 0 aliphatic rings. The van der Waals surface area contributed by atoms with Crippen LogP contribution in [0, 0.1) is 11.3 Å². The van der Waals surface area contributed by atoms with Crippen LogP contribution in [0.3, 0.4) is 0 Å². The van der Waals surface area contributed by atoms with Crippen molar-refractivity contribution < 1.29 is 4.74 Å². The Bertz CT molecular complexity index is 570. The van der Waals surface area contributed by atoms with E-state index in [-0.39, 0.29) is 5.92 Å². The third-order valence-electron chi connectivity index (χ3n) is 2.85. The van der Waals surface area contributed by atoms with Gasteiger partial charge in [-0.2, -0.15) is 5.26 Å². The van der Waals surface area contributed by atoms with Crippen molar-refractivity contribution in [2.24, 2.45) is 0 Å². The van der Waals surface area contributed by atoms with E-state index in [9.17, 15) is 5.26 Å². The number of nitrogen functional groups attached to an aromatic ring is 1. The minimum Gasteiger partial charge on any atom is -0.496 e. The molecule has 2 rings (SSSR count). The Morgan fingerprint density at radius 2 is 1.78 bits per heavy atom. The summed E-state index contributed by atoms with van der Waals surface area (Å²) >= 11 is 0. The van der Waals surface area contributed by atoms with Gasteiger partial charge in [0.05, 0.1) is 19.1 Å². The summed E-state index contributed by atoms with van der Waals surface area (Å²) in [5.74, 6) is 0.377. The average Bonchev–Trinajstić information content (AvgIpc) is 2.42. The smallest absolute Gasteiger partial charge is 0.123 e. The van der Waals surface area contributed by atoms with Crippen molar-refractivity contribution in [3.05, 3.63) is 59.7 Å². The summed E-state index contributed by atoms with van der Waals surface area (Å²) in [4.78, 5) is 0. The molecule has 0 amide bonds. The number of nitrogens with zero attached hydrogens (tertiary/aromatic N) is 1. The van der Waals surface area contributed by atoms with Crippen LogP contribution in [-0.4, -0.2) is 7.11 Å². The maximum absolute atomic E-state index is 9.39. The summed E-state index contributed by atoms with van der Waals surface area (Å²) in [5, 5.41) is 9.39. The topological polar surface area (TPSA) is 59.0 Å². The van der Waals surface area contributed by atoms with Crippen LogP contribution < -0.4 is 10.5 Å². The maximum Gasteiger partial charge on any atom is 0.123 e. The molecule has 3 heteroatoms. The number of anilines is 1. The fourth-order valence-corrected chi connectivity index (χ4v) is 1.92. The standard InChI is InChI=1S/C15H14N2O/c1-18-15-5-3-2-4-13(15)14(10-16)11-6-8-12(17)9-7-11/h2-9,14H,17H2,1H3. The van der Waals surface area contributed by atoms with Gasteiger partial charge in [-0.3, -0.25) is 0 Å². The van der Waals surface area contributed by atoms with Crippen LogP contribution in [0.4, 0.5) is 5.69 Å². The second-order valence-electron chi connectivity index (χ2n) is 3.97. The van der Waals surface area contributed by atoms with E-state index in [1.54, 1.807) is 19.2 Å². The molecule has 0 aliphatic heterocycles. The highest BCUT2D eigenvalue weighted by atomic mass is 16.5. The average molecular weight is 238 g/mol. The molecule has 0 aromatic heterocycles. The van der Waals surface area contributed by atoms with Crippen molar-refractivity contribution in [2.45, 2.75) is 5.92 Å². The van der Waals surface area contributed by atoms with Gasteiger partial charge in [-0.05, 0) is 23.8 Å². The highest BCUT2D eigenvalue weighted by Crippen LogP contribution is 2.31. The Hall–Kier alpha value is -2.47. The highest BCUT2D eigenvalue weighted by Gasteiger charge is 2.17. The van der Waals surface area contributed by atoms with Crippen molar-refractivity contribution in [3.63, 3.8) is 0 Å². The Morgan fingerprint density at radius 3 is 2.39 bits per heavy atom. The zero-order chi connectivity index (χ0) is 13.0. The lowest BCUT2D eigenvalue weighted by atomic mass is 9.92. The lowest BCUT2D eigenvalue weighted by Crippen LogP contribution is -2.01. The largest absolute Gasteiger partial charge is 0.496 e. The van der Waals surface area contributed by atoms with E-state index in [0.29, 0.717) is 5.69 Å². The normalized spacial score (nSPS) is 11.6. The van der Waals surface area contributed by atoms with Crippen LogP contribution >= 0.6 is 0 Å². The van der Waals surface area contributed by atoms with Gasteiger partial charge in [0.1, 0.15) is 5.75 Å². The first-order chi connectivity index (χ1) is 8.76. The number of para-hydroxylation sites is 1. The van der Waals surface area contributed by atoms with Gasteiger partial charge in [-0.15, -0.1) is 0 Å². The van der Waals surface area contributed by atoms with Crippen LogP contribution in [0.1, 0.15) is 17.0 Å². The second-order valence-corrected chi connectivity index (χ2v) is 3.97. The fourth-order valence-electron chi connectivity index (χ4n) is 1.92. The van der Waals surface area contributed by atoms with E-state index < -0.39 is 0 Å². The molecule has 3 nitrogen and oxygen atoms in total. The van der Waals surface area contributed by atoms with Crippen molar-refractivity contribution >= 4 is 5.69 Å². The van der Waals surface area contributed by atoms with Crippen LogP contribution in [0.5, 0.6) is 5.75 Å². The summed E-state index contributed by atoms with van der Waals surface area (Å²) in [7, 11) is 1.61. The number of rotatable bonds is 3. The zero-order valence-corrected chi connectivity index (χ0v) is 10.1. The van der Waals surface area contributed by atoms with E-state index in [2.05, 4.69) is 6.07 Å². The van der Waals surface area contributed by atoms with Gasteiger partial charge >= 0.3 is 0 Å². The molecule has 1 unspecified atom stereocenters. The van der Waals surface area contributed by atoms with E-state index in [1.807, 2.05) is 36.4 Å². The van der Waals surface area contributed by atoms with Gasteiger partial charge in [-0.1, -0.05) is 30.3 Å². The summed E-state index contributed by atoms with van der Waals surface area (Å²) in [6.45, 7) is 0. The molecule has 90 valence electrons. The van der Waals surface area contributed by atoms with Gasteiger partial charge in [0.15, 0.2) is 0 Å². The molecule has 2 aromatic rings. The van der Waals surface area contributed by atoms with Crippen LogP contribution in [0.25, 0.3) is 0 Å². The summed E-state index contributed by atoms with van der Waals surface area (Å²) < 4.78 is 5.30. The van der Waals surface area contributed by atoms with E-state index in [0.717, 1.165) is 16.9 Å². The summed E-state index contributed by atoms with van der Waals surface area (Å²) in [5.41, 5.74) is 8.13. The van der Waals surface area contributed by atoms with Crippen LogP contribution in [-0.2, 0) is 0 Å². The van der Waals surface area contributed by atoms with Crippen LogP contribution in [0.2, 0.25) is 0 Å².